The molecule has 0 aromatic rings. The third kappa shape index (κ3) is 3.53. The second kappa shape index (κ2) is 5.14. The van der Waals surface area contributed by atoms with Gasteiger partial charge in [0.1, 0.15) is 4.87 Å². The standard InChI is InChI=1S/C8H15N2O3PS2/c1-6-7(16-8(2,3)9-6)10-13-14(15,11-4)12-5/h1-5H3. The van der Waals surface area contributed by atoms with E-state index >= 15 is 0 Å². The number of hydrogen-bond acceptors (Lipinski definition) is 7. The first-order valence-corrected chi connectivity index (χ1v) is 7.93. The summed E-state index contributed by atoms with van der Waals surface area (Å²) in [6.07, 6.45) is 0. The molecule has 1 aliphatic heterocycles. The van der Waals surface area contributed by atoms with Crippen LogP contribution in [-0.2, 0) is 25.5 Å². The summed E-state index contributed by atoms with van der Waals surface area (Å²) in [5.74, 6) is 0. The van der Waals surface area contributed by atoms with Gasteiger partial charge >= 0.3 is 6.72 Å². The van der Waals surface area contributed by atoms with Crippen molar-refractivity contribution in [3.8, 4) is 0 Å². The zero-order chi connectivity index (χ0) is 12.4. The monoisotopic (exact) mass is 282 g/mol. The molecule has 1 rings (SSSR count). The molecular formula is C8H15N2O3PS2. The number of thioether (sulfide) groups is 1. The lowest BCUT2D eigenvalue weighted by Crippen LogP contribution is -2.06. The maximum Gasteiger partial charge on any atom is 0.401 e. The first kappa shape index (κ1) is 14.1. The normalized spacial score (nSPS) is 22.3. The molecule has 92 valence electrons. The molecule has 0 unspecified atom stereocenters. The van der Waals surface area contributed by atoms with Crippen LogP contribution < -0.4 is 0 Å². The average molecular weight is 282 g/mol. The SMILES string of the molecule is COP(=S)(OC)ON=C1SC(C)(C)N=C1C. The number of oxime groups is 1. The lowest BCUT2D eigenvalue weighted by Gasteiger charge is -2.14. The van der Waals surface area contributed by atoms with E-state index < -0.39 is 6.72 Å². The Hall–Kier alpha value is 0.0600. The van der Waals surface area contributed by atoms with E-state index in [0.29, 0.717) is 5.04 Å². The van der Waals surface area contributed by atoms with Crippen molar-refractivity contribution in [2.24, 2.45) is 10.1 Å². The summed E-state index contributed by atoms with van der Waals surface area (Å²) >= 11 is 6.54. The minimum atomic E-state index is -2.72. The molecule has 0 aliphatic carbocycles. The summed E-state index contributed by atoms with van der Waals surface area (Å²) in [5, 5.41) is 4.67. The maximum absolute atomic E-state index is 5.14. The van der Waals surface area contributed by atoms with Crippen LogP contribution in [0.4, 0.5) is 0 Å². The number of aliphatic imine (C=N–C) groups is 1. The molecule has 0 atom stereocenters. The highest BCUT2D eigenvalue weighted by Crippen LogP contribution is 2.49. The van der Waals surface area contributed by atoms with Crippen molar-refractivity contribution in [1.29, 1.82) is 0 Å². The molecule has 0 radical (unpaired) electrons. The van der Waals surface area contributed by atoms with Gasteiger partial charge in [-0.3, -0.25) is 4.99 Å². The van der Waals surface area contributed by atoms with Crippen LogP contribution in [0.2, 0.25) is 0 Å². The predicted octanol–water partition coefficient (Wildman–Crippen LogP) is 2.78. The summed E-state index contributed by atoms with van der Waals surface area (Å²) in [7, 11) is 2.88. The number of nitrogens with zero attached hydrogens (tertiary/aromatic N) is 2. The summed E-state index contributed by atoms with van der Waals surface area (Å²) in [5.41, 5.74) is 0.837. The first-order valence-electron chi connectivity index (χ1n) is 4.56. The van der Waals surface area contributed by atoms with Gasteiger partial charge in [0.25, 0.3) is 0 Å². The van der Waals surface area contributed by atoms with E-state index in [4.69, 9.17) is 25.5 Å². The number of hydrogen-bond donors (Lipinski definition) is 0. The van der Waals surface area contributed by atoms with Gasteiger partial charge in [-0.25, -0.2) is 0 Å². The van der Waals surface area contributed by atoms with Crippen molar-refractivity contribution in [1.82, 2.24) is 0 Å². The minimum absolute atomic E-state index is 0.199. The molecule has 0 N–H and O–H groups in total. The molecule has 0 spiro atoms. The molecule has 0 saturated heterocycles. The summed E-state index contributed by atoms with van der Waals surface area (Å²) in [6.45, 7) is 3.17. The molecular weight excluding hydrogens is 267 g/mol. The number of rotatable bonds is 4. The molecule has 1 heterocycles. The molecule has 0 saturated carbocycles. The maximum atomic E-state index is 5.14. The molecule has 0 amide bonds. The fraction of sp³-hybridized carbons (Fsp3) is 0.750. The van der Waals surface area contributed by atoms with Gasteiger partial charge < -0.3 is 13.7 Å². The van der Waals surface area contributed by atoms with Gasteiger partial charge in [-0.2, -0.15) is 0 Å². The van der Waals surface area contributed by atoms with E-state index in [2.05, 4.69) is 10.1 Å². The average Bonchev–Trinajstić information content (AvgIpc) is 2.48. The predicted molar refractivity (Wildman–Crippen MR) is 71.6 cm³/mol. The fourth-order valence-corrected chi connectivity index (χ4v) is 2.64. The largest absolute Gasteiger partial charge is 0.401 e. The summed E-state index contributed by atoms with van der Waals surface area (Å²) < 4.78 is 15.1. The lowest BCUT2D eigenvalue weighted by molar-refractivity contribution is 0.210. The van der Waals surface area contributed by atoms with Gasteiger partial charge in [0.05, 0.1) is 5.71 Å². The van der Waals surface area contributed by atoms with Crippen molar-refractivity contribution in [2.75, 3.05) is 14.2 Å². The van der Waals surface area contributed by atoms with Crippen LogP contribution in [-0.4, -0.2) is 29.8 Å². The van der Waals surface area contributed by atoms with Crippen LogP contribution in [0.15, 0.2) is 10.1 Å². The van der Waals surface area contributed by atoms with Crippen LogP contribution in [0.3, 0.4) is 0 Å². The highest BCUT2D eigenvalue weighted by molar-refractivity contribution is 8.17. The van der Waals surface area contributed by atoms with Crippen molar-refractivity contribution in [2.45, 2.75) is 25.6 Å². The van der Waals surface area contributed by atoms with Gasteiger partial charge in [-0.1, -0.05) is 16.9 Å². The van der Waals surface area contributed by atoms with E-state index in [1.807, 2.05) is 20.8 Å². The van der Waals surface area contributed by atoms with Crippen molar-refractivity contribution in [3.63, 3.8) is 0 Å². The summed E-state index contributed by atoms with van der Waals surface area (Å²) in [4.78, 5) is 4.22. The van der Waals surface area contributed by atoms with Crippen molar-refractivity contribution >= 4 is 41.0 Å². The third-order valence-electron chi connectivity index (χ3n) is 1.76. The topological polar surface area (TPSA) is 52.4 Å². The Morgan fingerprint density at radius 1 is 1.38 bits per heavy atom. The van der Waals surface area contributed by atoms with Gasteiger partial charge in [-0.15, -0.1) is 0 Å². The Balaban J connectivity index is 2.75. The van der Waals surface area contributed by atoms with Crippen LogP contribution in [0, 0.1) is 0 Å². The van der Waals surface area contributed by atoms with Crippen LogP contribution in [0.1, 0.15) is 20.8 Å². The minimum Gasteiger partial charge on any atom is -0.313 e. The Morgan fingerprint density at radius 3 is 2.31 bits per heavy atom. The van der Waals surface area contributed by atoms with E-state index in [1.54, 1.807) is 0 Å². The van der Waals surface area contributed by atoms with Crippen molar-refractivity contribution < 1.29 is 13.7 Å². The van der Waals surface area contributed by atoms with E-state index in [1.165, 1.54) is 26.0 Å². The van der Waals surface area contributed by atoms with Gasteiger partial charge in [-0.05, 0) is 20.8 Å². The van der Waals surface area contributed by atoms with E-state index in [-0.39, 0.29) is 4.87 Å². The lowest BCUT2D eigenvalue weighted by atomic mass is 10.4. The van der Waals surface area contributed by atoms with Crippen LogP contribution in [0.5, 0.6) is 0 Å². The second-order valence-corrected chi connectivity index (χ2v) is 8.26. The quantitative estimate of drug-likeness (QED) is 0.586. The van der Waals surface area contributed by atoms with E-state index in [9.17, 15) is 0 Å². The Labute approximate surface area is 105 Å². The molecule has 0 bridgehead atoms. The Kier molecular flexibility index (Phi) is 4.54. The molecule has 5 nitrogen and oxygen atoms in total. The van der Waals surface area contributed by atoms with Crippen LogP contribution >= 0.6 is 18.5 Å². The van der Waals surface area contributed by atoms with Crippen molar-refractivity contribution in [3.05, 3.63) is 0 Å². The second-order valence-electron chi connectivity index (χ2n) is 3.54. The smallest absolute Gasteiger partial charge is 0.313 e. The fourth-order valence-electron chi connectivity index (χ4n) is 1.10. The Morgan fingerprint density at radius 2 is 1.94 bits per heavy atom. The third-order valence-corrected chi connectivity index (χ3v) is 5.19. The molecule has 16 heavy (non-hydrogen) atoms. The first-order chi connectivity index (χ1) is 7.32. The van der Waals surface area contributed by atoms with Gasteiger partial charge in [0.2, 0.25) is 0 Å². The Bertz CT molecular complexity index is 373. The van der Waals surface area contributed by atoms with Gasteiger partial charge in [0.15, 0.2) is 5.04 Å². The molecule has 0 fully saturated rings. The molecule has 1 aliphatic rings. The molecule has 8 heteroatoms. The van der Waals surface area contributed by atoms with E-state index in [0.717, 1.165) is 5.71 Å². The molecule has 0 aromatic carbocycles. The zero-order valence-electron chi connectivity index (χ0n) is 9.88. The zero-order valence-corrected chi connectivity index (χ0v) is 12.4. The summed E-state index contributed by atoms with van der Waals surface area (Å²) in [6, 6.07) is 0. The highest BCUT2D eigenvalue weighted by atomic mass is 32.5. The highest BCUT2D eigenvalue weighted by Gasteiger charge is 2.30. The van der Waals surface area contributed by atoms with Gasteiger partial charge in [0, 0.05) is 26.0 Å². The van der Waals surface area contributed by atoms with Crippen LogP contribution in [0.25, 0.3) is 0 Å². The molecule has 0 aromatic heterocycles.